The van der Waals surface area contributed by atoms with Gasteiger partial charge in [-0.15, -0.1) is 6.42 Å². The van der Waals surface area contributed by atoms with Crippen molar-refractivity contribution in [2.24, 2.45) is 0 Å². The van der Waals surface area contributed by atoms with Crippen LogP contribution in [0, 0.1) is 12.3 Å². The molecule has 0 aromatic carbocycles. The summed E-state index contributed by atoms with van der Waals surface area (Å²) in [6.07, 6.45) is 4.00. The first-order valence-corrected chi connectivity index (χ1v) is 3.70. The van der Waals surface area contributed by atoms with Crippen molar-refractivity contribution in [1.29, 1.82) is 0 Å². The van der Waals surface area contributed by atoms with Gasteiger partial charge >= 0.3 is 5.97 Å². The summed E-state index contributed by atoms with van der Waals surface area (Å²) < 4.78 is 4.39. The maximum atomic E-state index is 10.2. The molecule has 0 aliphatic heterocycles. The molecule has 1 atom stereocenters. The van der Waals surface area contributed by atoms with Crippen LogP contribution in [0.5, 0.6) is 0 Å². The van der Waals surface area contributed by atoms with Crippen LogP contribution in [0.15, 0.2) is 0 Å². The summed E-state index contributed by atoms with van der Waals surface area (Å²) in [5.41, 5.74) is 0. The van der Waals surface area contributed by atoms with Crippen molar-refractivity contribution in [1.82, 2.24) is 0 Å². The molecule has 0 aliphatic rings. The molecule has 0 saturated carbocycles. The van der Waals surface area contributed by atoms with Gasteiger partial charge in [-0.05, 0) is 0 Å². The summed E-state index contributed by atoms with van der Waals surface area (Å²) in [4.78, 5) is 10.2. The smallest absolute Gasteiger partial charge is 0.384 e. The van der Waals surface area contributed by atoms with Crippen molar-refractivity contribution >= 4 is 21.9 Å². The molecular weight excluding hydrogens is 200 g/mol. The fraction of sp³-hybridized carbons (Fsp3) is 0.500. The number of hydrogen-bond acceptors (Lipinski definition) is 3. The van der Waals surface area contributed by atoms with E-state index in [2.05, 4.69) is 27.1 Å². The van der Waals surface area contributed by atoms with Gasteiger partial charge in [0.25, 0.3) is 0 Å². The number of esters is 1. The number of alkyl halides is 1. The minimum Gasteiger partial charge on any atom is -0.453 e. The average molecular weight is 207 g/mol. The van der Waals surface area contributed by atoms with Crippen LogP contribution >= 0.6 is 15.9 Å². The van der Waals surface area contributed by atoms with Crippen LogP contribution in [-0.4, -0.2) is 29.1 Å². The summed E-state index contributed by atoms with van der Waals surface area (Å²) in [7, 11) is 0. The first kappa shape index (κ1) is 9.47. The quantitative estimate of drug-likeness (QED) is 0.304. The highest BCUT2D eigenvalue weighted by Gasteiger charge is 2.03. The summed E-state index contributed by atoms with van der Waals surface area (Å²) in [6, 6.07) is 0. The molecule has 0 spiro atoms. The second-order valence-corrected chi connectivity index (χ2v) is 2.20. The fourth-order valence-electron chi connectivity index (χ4n) is 0.258. The highest BCUT2D eigenvalue weighted by Crippen LogP contribution is 1.90. The topological polar surface area (TPSA) is 46.5 Å². The molecule has 0 saturated heterocycles. The Morgan fingerprint density at radius 1 is 1.90 bits per heavy atom. The molecule has 0 fully saturated rings. The Labute approximate surface area is 67.5 Å². The molecule has 3 nitrogen and oxygen atoms in total. The standard InChI is InChI=1S/C6H7BrO3/c1-2-6(9)10-4-5(8)3-7/h1,5,8H,3-4H2/t5-/m0/s1. The number of aliphatic hydroxyl groups is 1. The van der Waals surface area contributed by atoms with Crippen molar-refractivity contribution in [3.05, 3.63) is 0 Å². The SMILES string of the molecule is C#CC(=O)OC[C@@H](O)CBr. The van der Waals surface area contributed by atoms with Gasteiger partial charge in [-0.25, -0.2) is 4.79 Å². The Morgan fingerprint density at radius 2 is 2.50 bits per heavy atom. The zero-order valence-corrected chi connectivity index (χ0v) is 6.80. The molecule has 4 heteroatoms. The van der Waals surface area contributed by atoms with Gasteiger partial charge < -0.3 is 9.84 Å². The normalized spacial score (nSPS) is 11.7. The Morgan fingerprint density at radius 3 is 2.90 bits per heavy atom. The summed E-state index contributed by atoms with van der Waals surface area (Å²) in [5.74, 6) is 1.01. The van der Waals surface area contributed by atoms with Crippen molar-refractivity contribution in [3.63, 3.8) is 0 Å². The Hall–Kier alpha value is -0.530. The number of hydrogen-bond donors (Lipinski definition) is 1. The third kappa shape index (κ3) is 4.36. The molecule has 0 bridgehead atoms. The number of carbonyl (C=O) groups is 1. The third-order valence-corrected chi connectivity index (χ3v) is 1.45. The minimum absolute atomic E-state index is 0.0612. The van der Waals surface area contributed by atoms with E-state index in [0.717, 1.165) is 0 Å². The van der Waals surface area contributed by atoms with E-state index in [1.807, 2.05) is 0 Å². The number of ether oxygens (including phenoxy) is 1. The van der Waals surface area contributed by atoms with Gasteiger partial charge in [0.15, 0.2) is 0 Å². The Kier molecular flexibility index (Phi) is 4.99. The van der Waals surface area contributed by atoms with E-state index in [1.165, 1.54) is 0 Å². The lowest BCUT2D eigenvalue weighted by atomic mass is 10.4. The van der Waals surface area contributed by atoms with Crippen LogP contribution in [0.1, 0.15) is 0 Å². The van der Waals surface area contributed by atoms with E-state index in [-0.39, 0.29) is 6.61 Å². The van der Waals surface area contributed by atoms with E-state index in [1.54, 1.807) is 5.92 Å². The lowest BCUT2D eigenvalue weighted by molar-refractivity contribution is -0.139. The predicted molar refractivity (Wildman–Crippen MR) is 39.6 cm³/mol. The Bertz CT molecular complexity index is 150. The molecule has 0 heterocycles. The molecule has 56 valence electrons. The van der Waals surface area contributed by atoms with Gasteiger partial charge in [-0.2, -0.15) is 0 Å². The van der Waals surface area contributed by atoms with Gasteiger partial charge in [0, 0.05) is 11.3 Å². The van der Waals surface area contributed by atoms with Crippen LogP contribution in [0.4, 0.5) is 0 Å². The maximum absolute atomic E-state index is 10.2. The molecule has 0 aromatic heterocycles. The lowest BCUT2D eigenvalue weighted by Gasteiger charge is -2.04. The van der Waals surface area contributed by atoms with Crippen molar-refractivity contribution < 1.29 is 14.6 Å². The predicted octanol–water partition coefficient (Wildman–Crippen LogP) is -0.0814. The minimum atomic E-state index is -0.750. The molecule has 0 rings (SSSR count). The lowest BCUT2D eigenvalue weighted by Crippen LogP contribution is -2.18. The highest BCUT2D eigenvalue weighted by molar-refractivity contribution is 9.09. The largest absolute Gasteiger partial charge is 0.453 e. The van der Waals surface area contributed by atoms with Crippen LogP contribution in [0.2, 0.25) is 0 Å². The van der Waals surface area contributed by atoms with Gasteiger partial charge in [-0.3, -0.25) is 0 Å². The second-order valence-electron chi connectivity index (χ2n) is 1.55. The number of rotatable bonds is 3. The van der Waals surface area contributed by atoms with E-state index in [4.69, 9.17) is 5.11 Å². The molecular formula is C6H7BrO3. The van der Waals surface area contributed by atoms with Crippen molar-refractivity contribution in [2.75, 3.05) is 11.9 Å². The zero-order chi connectivity index (χ0) is 7.98. The highest BCUT2D eigenvalue weighted by atomic mass is 79.9. The number of carbonyl (C=O) groups excluding carboxylic acids is 1. The van der Waals surface area contributed by atoms with Crippen LogP contribution in [-0.2, 0) is 9.53 Å². The molecule has 0 amide bonds. The van der Waals surface area contributed by atoms with Gasteiger partial charge in [0.1, 0.15) is 6.61 Å². The monoisotopic (exact) mass is 206 g/mol. The van der Waals surface area contributed by atoms with E-state index in [9.17, 15) is 4.79 Å². The summed E-state index contributed by atoms with van der Waals surface area (Å²) >= 11 is 2.99. The second kappa shape index (κ2) is 5.27. The van der Waals surface area contributed by atoms with Gasteiger partial charge in [0.05, 0.1) is 6.10 Å². The van der Waals surface area contributed by atoms with Gasteiger partial charge in [0.2, 0.25) is 0 Å². The van der Waals surface area contributed by atoms with E-state index >= 15 is 0 Å². The molecule has 10 heavy (non-hydrogen) atoms. The number of terminal acetylenes is 1. The van der Waals surface area contributed by atoms with E-state index < -0.39 is 12.1 Å². The zero-order valence-electron chi connectivity index (χ0n) is 5.21. The van der Waals surface area contributed by atoms with Crippen LogP contribution in [0.25, 0.3) is 0 Å². The van der Waals surface area contributed by atoms with Crippen molar-refractivity contribution in [2.45, 2.75) is 6.10 Å². The number of halogens is 1. The first-order valence-electron chi connectivity index (χ1n) is 2.58. The molecule has 0 unspecified atom stereocenters. The van der Waals surface area contributed by atoms with Crippen LogP contribution in [0.3, 0.4) is 0 Å². The molecule has 0 aliphatic carbocycles. The molecule has 0 radical (unpaired) electrons. The fourth-order valence-corrected chi connectivity index (χ4v) is 0.445. The van der Waals surface area contributed by atoms with Crippen LogP contribution < -0.4 is 0 Å². The van der Waals surface area contributed by atoms with Gasteiger partial charge in [-0.1, -0.05) is 15.9 Å². The third-order valence-electron chi connectivity index (χ3n) is 0.703. The number of aliphatic hydroxyl groups excluding tert-OH is 1. The van der Waals surface area contributed by atoms with E-state index in [0.29, 0.717) is 5.33 Å². The summed E-state index contributed by atoms with van der Waals surface area (Å²) in [5, 5.41) is 9.18. The summed E-state index contributed by atoms with van der Waals surface area (Å²) in [6.45, 7) is -0.0612. The molecule has 0 aromatic rings. The van der Waals surface area contributed by atoms with Crippen molar-refractivity contribution in [3.8, 4) is 12.3 Å². The maximum Gasteiger partial charge on any atom is 0.384 e. The first-order chi connectivity index (χ1) is 4.70. The average Bonchev–Trinajstić information content (AvgIpc) is 1.99. The molecule has 1 N–H and O–H groups in total. The Balaban J connectivity index is 3.37.